The number of ketones is 1. The third-order valence-corrected chi connectivity index (χ3v) is 11.3. The number of aliphatic hydroxyl groups is 5. The zero-order valence-electron chi connectivity index (χ0n) is 31.6. The minimum absolute atomic E-state index is 0.0502. The molecule has 0 aromatic rings. The predicted octanol–water partition coefficient (Wildman–Crippen LogP) is 0.411. The Morgan fingerprint density at radius 1 is 0.944 bits per heavy atom. The maximum absolute atomic E-state index is 13.6. The number of Topliss-reactive ketones (excluding diaryl/α,β-unsaturated/α-hetero) is 1. The normalized spacial score (nSPS) is 38.3. The summed E-state index contributed by atoms with van der Waals surface area (Å²) in [4.78, 5) is 38.8. The molecule has 54 heavy (non-hydrogen) atoms. The van der Waals surface area contributed by atoms with Crippen LogP contribution < -0.4 is 5.32 Å². The summed E-state index contributed by atoms with van der Waals surface area (Å²) in [5, 5.41) is 66.3. The van der Waals surface area contributed by atoms with Gasteiger partial charge in [-0.1, -0.05) is 51.4 Å². The molecule has 6 unspecified atom stereocenters. The van der Waals surface area contributed by atoms with Crippen LogP contribution in [0.25, 0.3) is 0 Å². The molecule has 4 rings (SSSR count). The smallest absolute Gasteiger partial charge is 0.332 e. The highest BCUT2D eigenvalue weighted by Crippen LogP contribution is 2.40. The predicted molar refractivity (Wildman–Crippen MR) is 189 cm³/mol. The molecule has 2 aliphatic carbocycles. The Bertz CT molecular complexity index is 1240. The third kappa shape index (κ3) is 11.6. The molecule has 308 valence electrons. The van der Waals surface area contributed by atoms with Gasteiger partial charge in [0.15, 0.2) is 18.7 Å². The van der Waals surface area contributed by atoms with Gasteiger partial charge >= 0.3 is 5.97 Å². The van der Waals surface area contributed by atoms with Crippen LogP contribution in [0.3, 0.4) is 0 Å². The van der Waals surface area contributed by atoms with E-state index in [4.69, 9.17) is 34.8 Å². The molecule has 0 aromatic carbocycles. The van der Waals surface area contributed by atoms with Gasteiger partial charge in [-0.3, -0.25) is 9.59 Å². The lowest BCUT2D eigenvalue weighted by atomic mass is 9.74. The van der Waals surface area contributed by atoms with Crippen molar-refractivity contribution in [3.8, 4) is 12.3 Å². The molecule has 16 heteroatoms. The minimum Gasteiger partial charge on any atom is -0.479 e. The number of rotatable bonds is 18. The van der Waals surface area contributed by atoms with Crippen molar-refractivity contribution in [1.29, 1.82) is 0 Å². The topological polar surface area (TPSA) is 240 Å². The molecule has 4 fully saturated rings. The van der Waals surface area contributed by atoms with Crippen LogP contribution in [-0.4, -0.2) is 148 Å². The standard InChI is InChI=1S/C38H61NO15/c1-5-14-49-15-10-13-25(42)24-17-23(6-2)34(54-38-33(46)32(45)30(43)20(3)50-38)26(18-24)52-37-29(39-21(4)41)35(31(44)28(19-40)53-37)51-27(36(47)48)16-22-11-8-7-9-12-22/h1,20,22-24,26-35,37-38,40,43-46H,6-19H2,2-4H3,(H,39,41)(H,47,48)/t20?,23?,24?,26-,27+,28+,29?,30-,31+,32+,33?,34-,35?,37-,38+/m1/s1. The lowest BCUT2D eigenvalue weighted by Gasteiger charge is -2.49. The fraction of sp³-hybridized carbons (Fsp3) is 0.868. The first-order valence-corrected chi connectivity index (χ1v) is 19.4. The zero-order valence-corrected chi connectivity index (χ0v) is 31.6. The highest BCUT2D eigenvalue weighted by molar-refractivity contribution is 5.81. The van der Waals surface area contributed by atoms with Crippen molar-refractivity contribution in [2.45, 2.75) is 171 Å². The number of amides is 1. The Hall–Kier alpha value is -2.27. The molecule has 7 N–H and O–H groups in total. The molecule has 2 saturated heterocycles. The van der Waals surface area contributed by atoms with Crippen LogP contribution in [0.1, 0.15) is 91.4 Å². The fourth-order valence-electron chi connectivity index (χ4n) is 8.31. The molecule has 2 saturated carbocycles. The van der Waals surface area contributed by atoms with Gasteiger partial charge in [-0.15, -0.1) is 6.42 Å². The van der Waals surface area contributed by atoms with E-state index in [-0.39, 0.29) is 43.5 Å². The second-order valence-corrected chi connectivity index (χ2v) is 15.2. The number of hydrogen-bond acceptors (Lipinski definition) is 14. The van der Waals surface area contributed by atoms with Crippen molar-refractivity contribution in [2.75, 3.05) is 19.8 Å². The Morgan fingerprint density at radius 2 is 1.67 bits per heavy atom. The maximum Gasteiger partial charge on any atom is 0.332 e. The number of aliphatic carboxylic acids is 1. The van der Waals surface area contributed by atoms with Crippen LogP contribution in [0.2, 0.25) is 0 Å². The van der Waals surface area contributed by atoms with E-state index in [0.29, 0.717) is 25.9 Å². The molecule has 1 amide bonds. The number of ether oxygens (including phenoxy) is 6. The van der Waals surface area contributed by atoms with Crippen molar-refractivity contribution < 1.29 is 73.4 Å². The van der Waals surface area contributed by atoms with E-state index >= 15 is 0 Å². The molecule has 0 radical (unpaired) electrons. The molecular formula is C38H61NO15. The highest BCUT2D eigenvalue weighted by atomic mass is 16.7. The van der Waals surface area contributed by atoms with Crippen LogP contribution in [-0.2, 0) is 42.8 Å². The van der Waals surface area contributed by atoms with Gasteiger partial charge in [-0.2, -0.15) is 0 Å². The summed E-state index contributed by atoms with van der Waals surface area (Å²) in [6.07, 6.45) is -3.97. The van der Waals surface area contributed by atoms with Gasteiger partial charge in [0, 0.05) is 25.9 Å². The van der Waals surface area contributed by atoms with Crippen LogP contribution in [0.15, 0.2) is 0 Å². The molecule has 2 heterocycles. The number of carbonyl (C=O) groups is 3. The van der Waals surface area contributed by atoms with E-state index in [1.54, 1.807) is 0 Å². The second-order valence-electron chi connectivity index (χ2n) is 15.2. The third-order valence-electron chi connectivity index (χ3n) is 11.3. The summed E-state index contributed by atoms with van der Waals surface area (Å²) in [5.74, 6) is -0.223. The van der Waals surface area contributed by atoms with Crippen molar-refractivity contribution in [1.82, 2.24) is 5.32 Å². The average molecular weight is 772 g/mol. The van der Waals surface area contributed by atoms with Crippen molar-refractivity contribution in [2.24, 2.45) is 17.8 Å². The van der Waals surface area contributed by atoms with Crippen LogP contribution in [0.5, 0.6) is 0 Å². The summed E-state index contributed by atoms with van der Waals surface area (Å²) >= 11 is 0. The summed E-state index contributed by atoms with van der Waals surface area (Å²) < 4.78 is 36.3. The monoisotopic (exact) mass is 771 g/mol. The number of carbonyl (C=O) groups excluding carboxylic acids is 2. The molecule has 0 bridgehead atoms. The van der Waals surface area contributed by atoms with E-state index in [2.05, 4.69) is 11.2 Å². The fourth-order valence-corrected chi connectivity index (χ4v) is 8.31. The van der Waals surface area contributed by atoms with Gasteiger partial charge in [0.25, 0.3) is 0 Å². The molecule has 0 spiro atoms. The largest absolute Gasteiger partial charge is 0.479 e. The van der Waals surface area contributed by atoms with E-state index < -0.39 is 104 Å². The number of nitrogens with one attached hydrogen (secondary N) is 1. The Kier molecular flexibility index (Phi) is 17.5. The van der Waals surface area contributed by atoms with Crippen LogP contribution in [0.4, 0.5) is 0 Å². The number of carboxylic acids is 1. The van der Waals surface area contributed by atoms with E-state index in [1.165, 1.54) is 13.8 Å². The summed E-state index contributed by atoms with van der Waals surface area (Å²) in [7, 11) is 0. The van der Waals surface area contributed by atoms with Crippen molar-refractivity contribution in [3.05, 3.63) is 0 Å². The molecule has 0 aromatic heterocycles. The van der Waals surface area contributed by atoms with Gasteiger partial charge in [0.05, 0.1) is 24.9 Å². The summed E-state index contributed by atoms with van der Waals surface area (Å²) in [5.41, 5.74) is 0. The van der Waals surface area contributed by atoms with Crippen LogP contribution >= 0.6 is 0 Å². The molecule has 4 aliphatic rings. The minimum atomic E-state index is -1.63. The van der Waals surface area contributed by atoms with Crippen molar-refractivity contribution >= 4 is 17.7 Å². The first kappa shape index (κ1) is 44.4. The lowest BCUT2D eigenvalue weighted by molar-refractivity contribution is -0.338. The number of terminal acetylenes is 1. The molecular weight excluding hydrogens is 710 g/mol. The van der Waals surface area contributed by atoms with Crippen LogP contribution in [0, 0.1) is 30.1 Å². The molecule has 15 atom stereocenters. The van der Waals surface area contributed by atoms with Gasteiger partial charge in [0.1, 0.15) is 55.1 Å². The van der Waals surface area contributed by atoms with Gasteiger partial charge < -0.3 is 64.4 Å². The SMILES string of the molecule is C#CCOCCCC(=O)C1CC(CC)[C@@H](O[C@@H]2OC(C)[C@@H](O)[C@H](O)C2O)[C@H](O[C@@H]2O[C@@H](CO)[C@H](O)C(O[C@@H](CC3CCCCC3)C(=O)O)C2NC(C)=O)C1. The number of hydrogen-bond donors (Lipinski definition) is 7. The zero-order chi connectivity index (χ0) is 39.5. The second kappa shape index (κ2) is 21.3. The molecule has 2 aliphatic heterocycles. The van der Waals surface area contributed by atoms with E-state index in [0.717, 1.165) is 32.1 Å². The number of carboxylic acid groups (broad SMARTS) is 1. The van der Waals surface area contributed by atoms with Gasteiger partial charge in [-0.25, -0.2) is 4.79 Å². The van der Waals surface area contributed by atoms with Gasteiger partial charge in [0.2, 0.25) is 5.91 Å². The quantitative estimate of drug-likeness (QED) is 0.0738. The Morgan fingerprint density at radius 3 is 2.30 bits per heavy atom. The van der Waals surface area contributed by atoms with E-state index in [9.17, 15) is 45.0 Å². The first-order valence-electron chi connectivity index (χ1n) is 19.4. The molecule has 16 nitrogen and oxygen atoms in total. The maximum atomic E-state index is 13.6. The average Bonchev–Trinajstić information content (AvgIpc) is 3.15. The lowest BCUT2D eigenvalue weighted by Crippen LogP contribution is -2.67. The Labute approximate surface area is 317 Å². The Balaban J connectivity index is 1.65. The van der Waals surface area contributed by atoms with Crippen molar-refractivity contribution in [3.63, 3.8) is 0 Å². The number of aliphatic hydroxyl groups excluding tert-OH is 5. The first-order chi connectivity index (χ1) is 25.8. The highest BCUT2D eigenvalue weighted by Gasteiger charge is 2.52. The van der Waals surface area contributed by atoms with E-state index in [1.807, 2.05) is 6.92 Å². The van der Waals surface area contributed by atoms with Gasteiger partial charge in [-0.05, 0) is 44.4 Å². The summed E-state index contributed by atoms with van der Waals surface area (Å²) in [6, 6.07) is -1.27. The summed E-state index contributed by atoms with van der Waals surface area (Å²) in [6.45, 7) is 4.39.